The van der Waals surface area contributed by atoms with Gasteiger partial charge < -0.3 is 15.2 Å². The lowest BCUT2D eigenvalue weighted by Gasteiger charge is -2.30. The van der Waals surface area contributed by atoms with Gasteiger partial charge in [-0.25, -0.2) is 4.79 Å². The molecule has 0 spiro atoms. The molecule has 0 aromatic rings. The molecule has 2 heterocycles. The molecule has 1 unspecified atom stereocenters. The fourth-order valence-electron chi connectivity index (χ4n) is 1.99. The number of aliphatic carboxylic acids is 1. The van der Waals surface area contributed by atoms with Crippen molar-refractivity contribution < 1.29 is 42.6 Å². The SMILES string of the molecule is O=C1CCC(C(=O)O)(N2OC[C@H](NC(=O)C(F)F)C2=O)O1. The number of rotatable bonds is 4. The summed E-state index contributed by atoms with van der Waals surface area (Å²) in [7, 11) is 0. The topological polar surface area (TPSA) is 122 Å². The minimum Gasteiger partial charge on any atom is -0.477 e. The Morgan fingerprint density at radius 2 is 2.10 bits per heavy atom. The number of alkyl halides is 2. The number of carboxylic acids is 1. The minimum absolute atomic E-state index is 0.243. The summed E-state index contributed by atoms with van der Waals surface area (Å²) in [5.41, 5.74) is -2.33. The van der Waals surface area contributed by atoms with E-state index in [0.29, 0.717) is 5.06 Å². The molecule has 2 saturated heterocycles. The van der Waals surface area contributed by atoms with Crippen molar-refractivity contribution in [2.24, 2.45) is 0 Å². The van der Waals surface area contributed by atoms with Crippen LogP contribution in [-0.2, 0) is 28.8 Å². The van der Waals surface area contributed by atoms with Crippen LogP contribution in [0, 0.1) is 0 Å². The first-order chi connectivity index (χ1) is 9.78. The van der Waals surface area contributed by atoms with Gasteiger partial charge >= 0.3 is 24.1 Å². The lowest BCUT2D eigenvalue weighted by atomic mass is 10.1. The fraction of sp³-hybridized carbons (Fsp3) is 0.600. The number of hydrogen-bond acceptors (Lipinski definition) is 6. The molecule has 0 saturated carbocycles. The third-order valence-corrected chi connectivity index (χ3v) is 3.00. The van der Waals surface area contributed by atoms with Crippen molar-refractivity contribution >= 4 is 23.8 Å². The summed E-state index contributed by atoms with van der Waals surface area (Å²) in [6.45, 7) is -0.538. The Kier molecular flexibility index (Phi) is 3.77. The fourth-order valence-corrected chi connectivity index (χ4v) is 1.99. The summed E-state index contributed by atoms with van der Waals surface area (Å²) >= 11 is 0. The molecule has 0 aromatic carbocycles. The summed E-state index contributed by atoms with van der Waals surface area (Å²) in [6, 6.07) is -1.47. The van der Waals surface area contributed by atoms with Crippen LogP contribution in [0.4, 0.5) is 8.78 Å². The average molecular weight is 308 g/mol. The molecule has 9 nitrogen and oxygen atoms in total. The number of halogens is 2. The Morgan fingerprint density at radius 3 is 2.57 bits per heavy atom. The highest BCUT2D eigenvalue weighted by Crippen LogP contribution is 2.33. The molecule has 2 atom stereocenters. The van der Waals surface area contributed by atoms with Crippen LogP contribution in [0.2, 0.25) is 0 Å². The van der Waals surface area contributed by atoms with E-state index in [4.69, 9.17) is 9.94 Å². The monoisotopic (exact) mass is 308 g/mol. The van der Waals surface area contributed by atoms with E-state index in [-0.39, 0.29) is 12.8 Å². The summed E-state index contributed by atoms with van der Waals surface area (Å²) in [5, 5.41) is 11.2. The van der Waals surface area contributed by atoms with E-state index >= 15 is 0 Å². The third kappa shape index (κ3) is 2.51. The zero-order valence-electron chi connectivity index (χ0n) is 10.4. The Morgan fingerprint density at radius 1 is 1.43 bits per heavy atom. The molecule has 2 aliphatic rings. The second-order valence-electron chi connectivity index (χ2n) is 4.35. The Hall–Kier alpha value is -2.30. The van der Waals surface area contributed by atoms with Crippen LogP contribution >= 0.6 is 0 Å². The van der Waals surface area contributed by atoms with Crippen LogP contribution in [0.25, 0.3) is 0 Å². The molecule has 116 valence electrons. The van der Waals surface area contributed by atoms with E-state index in [2.05, 4.69) is 4.74 Å². The van der Waals surface area contributed by atoms with Crippen molar-refractivity contribution in [3.63, 3.8) is 0 Å². The number of esters is 1. The van der Waals surface area contributed by atoms with Crippen LogP contribution in [0.1, 0.15) is 12.8 Å². The number of carbonyl (C=O) groups excluding carboxylic acids is 3. The molecule has 2 amide bonds. The summed E-state index contributed by atoms with van der Waals surface area (Å²) < 4.78 is 28.9. The first-order valence-electron chi connectivity index (χ1n) is 5.78. The second-order valence-corrected chi connectivity index (χ2v) is 4.35. The third-order valence-electron chi connectivity index (χ3n) is 3.00. The van der Waals surface area contributed by atoms with Crippen LogP contribution in [0.5, 0.6) is 0 Å². The highest BCUT2D eigenvalue weighted by Gasteiger charge is 2.59. The van der Waals surface area contributed by atoms with E-state index in [9.17, 15) is 28.0 Å². The summed E-state index contributed by atoms with van der Waals surface area (Å²) in [6.07, 6.45) is -3.92. The second kappa shape index (κ2) is 5.24. The number of carboxylic acid groups (broad SMARTS) is 1. The first kappa shape index (κ1) is 15.1. The largest absolute Gasteiger partial charge is 0.477 e. The number of cyclic esters (lactones) is 1. The highest BCUT2D eigenvalue weighted by atomic mass is 19.3. The van der Waals surface area contributed by atoms with Gasteiger partial charge in [-0.3, -0.25) is 19.2 Å². The van der Waals surface area contributed by atoms with E-state index in [1.54, 1.807) is 5.32 Å². The maximum absolute atomic E-state index is 12.1. The smallest absolute Gasteiger partial charge is 0.372 e. The zero-order valence-corrected chi connectivity index (χ0v) is 10.4. The molecule has 2 aliphatic heterocycles. The van der Waals surface area contributed by atoms with Gasteiger partial charge in [0.25, 0.3) is 11.8 Å². The van der Waals surface area contributed by atoms with Crippen molar-refractivity contribution in [2.75, 3.05) is 6.61 Å². The van der Waals surface area contributed by atoms with E-state index < -0.39 is 48.6 Å². The van der Waals surface area contributed by atoms with Crippen molar-refractivity contribution in [1.29, 1.82) is 0 Å². The van der Waals surface area contributed by atoms with Gasteiger partial charge in [-0.2, -0.15) is 13.8 Å². The molecule has 0 aliphatic carbocycles. The van der Waals surface area contributed by atoms with Gasteiger partial charge in [0.15, 0.2) is 0 Å². The van der Waals surface area contributed by atoms with Crippen LogP contribution < -0.4 is 5.32 Å². The van der Waals surface area contributed by atoms with E-state index in [1.165, 1.54) is 0 Å². The molecule has 2 rings (SSSR count). The molecule has 2 fully saturated rings. The van der Waals surface area contributed by atoms with Gasteiger partial charge in [-0.15, -0.1) is 0 Å². The van der Waals surface area contributed by atoms with E-state index in [0.717, 1.165) is 0 Å². The van der Waals surface area contributed by atoms with Crippen molar-refractivity contribution in [3.05, 3.63) is 0 Å². The normalized spacial score (nSPS) is 28.9. The lowest BCUT2D eigenvalue weighted by Crippen LogP contribution is -2.56. The van der Waals surface area contributed by atoms with Crippen LogP contribution in [0.15, 0.2) is 0 Å². The van der Waals surface area contributed by atoms with Crippen LogP contribution in [-0.4, -0.2) is 58.7 Å². The molecule has 0 radical (unpaired) electrons. The maximum Gasteiger partial charge on any atom is 0.372 e. The predicted molar refractivity (Wildman–Crippen MR) is 56.4 cm³/mol. The Balaban J connectivity index is 2.15. The molecular formula is C10H10F2N2O7. The lowest BCUT2D eigenvalue weighted by molar-refractivity contribution is -0.256. The molecule has 0 bridgehead atoms. The highest BCUT2D eigenvalue weighted by molar-refractivity contribution is 5.94. The molecule has 21 heavy (non-hydrogen) atoms. The molecule has 11 heteroatoms. The van der Waals surface area contributed by atoms with Crippen molar-refractivity contribution in [2.45, 2.75) is 31.0 Å². The predicted octanol–water partition coefficient (Wildman–Crippen LogP) is -1.37. The van der Waals surface area contributed by atoms with E-state index in [1.807, 2.05) is 0 Å². The number of carbonyl (C=O) groups is 4. The molecule has 0 aromatic heterocycles. The van der Waals surface area contributed by atoms with Gasteiger partial charge in [-0.05, 0) is 0 Å². The number of hydroxylamine groups is 2. The van der Waals surface area contributed by atoms with Gasteiger partial charge in [0.2, 0.25) is 0 Å². The van der Waals surface area contributed by atoms with Crippen LogP contribution in [0.3, 0.4) is 0 Å². The first-order valence-corrected chi connectivity index (χ1v) is 5.78. The van der Waals surface area contributed by atoms with Gasteiger partial charge in [0.1, 0.15) is 12.6 Å². The van der Waals surface area contributed by atoms with Gasteiger partial charge in [0.05, 0.1) is 6.42 Å². The number of ether oxygens (including phenoxy) is 1. The average Bonchev–Trinajstić information content (AvgIpc) is 2.95. The minimum atomic E-state index is -3.33. The standard InChI is InChI=1S/C10H10F2N2O7/c11-6(12)7(16)13-4-3-20-14(8(4)17)10(9(18)19)2-1-5(15)21-10/h4,6H,1-3H2,(H,13,16)(H,18,19)/t4-,10?/m0/s1. The maximum atomic E-state index is 12.1. The summed E-state index contributed by atoms with van der Waals surface area (Å²) in [5.74, 6) is -5.25. The number of nitrogens with one attached hydrogen (secondary N) is 1. The molecule has 2 N–H and O–H groups in total. The van der Waals surface area contributed by atoms with Crippen molar-refractivity contribution in [3.8, 4) is 0 Å². The number of amides is 2. The quantitative estimate of drug-likeness (QED) is 0.614. The number of hydrogen-bond donors (Lipinski definition) is 2. The van der Waals surface area contributed by atoms with Gasteiger partial charge in [0, 0.05) is 6.42 Å². The zero-order chi connectivity index (χ0) is 15.8. The molecular weight excluding hydrogens is 298 g/mol. The van der Waals surface area contributed by atoms with Gasteiger partial charge in [-0.1, -0.05) is 0 Å². The van der Waals surface area contributed by atoms with Crippen molar-refractivity contribution in [1.82, 2.24) is 10.4 Å². The number of nitrogens with zero attached hydrogens (tertiary/aromatic N) is 1. The summed E-state index contributed by atoms with van der Waals surface area (Å²) in [4.78, 5) is 50.0. The Bertz CT molecular complexity index is 512. The Labute approximate surface area is 115 Å².